The van der Waals surface area contributed by atoms with E-state index in [-0.39, 0.29) is 5.91 Å². The summed E-state index contributed by atoms with van der Waals surface area (Å²) in [4.78, 5) is 11.9. The number of hydrogen-bond acceptors (Lipinski definition) is 1. The second-order valence-corrected chi connectivity index (χ2v) is 4.89. The molecular weight excluding hydrogens is 259 g/mol. The molecule has 1 aromatic heterocycles. The second kappa shape index (κ2) is 6.31. The van der Waals surface area contributed by atoms with Crippen LogP contribution in [-0.4, -0.2) is 17.0 Å². The Morgan fingerprint density at radius 1 is 1.41 bits per heavy atom. The van der Waals surface area contributed by atoms with Crippen molar-refractivity contribution >= 4 is 29.1 Å². The third-order valence-corrected chi connectivity index (χ3v) is 3.90. The lowest BCUT2D eigenvalue weighted by Gasteiger charge is -2.13. The highest BCUT2D eigenvalue weighted by Crippen LogP contribution is 2.25. The molecule has 1 heterocycles. The van der Waals surface area contributed by atoms with E-state index in [1.54, 1.807) is 17.7 Å². The average molecular weight is 277 g/mol. The zero-order valence-electron chi connectivity index (χ0n) is 10.4. The first kappa shape index (κ1) is 14.4. The van der Waals surface area contributed by atoms with Crippen molar-refractivity contribution in [3.63, 3.8) is 0 Å². The molecule has 1 aromatic rings. The van der Waals surface area contributed by atoms with E-state index in [1.807, 2.05) is 0 Å². The van der Waals surface area contributed by atoms with Crippen molar-refractivity contribution in [3.05, 3.63) is 21.9 Å². The minimum Gasteiger partial charge on any atom is -0.350 e. The van der Waals surface area contributed by atoms with Crippen molar-refractivity contribution in [2.75, 3.05) is 6.54 Å². The highest BCUT2D eigenvalue weighted by Gasteiger charge is 2.16. The maximum absolute atomic E-state index is 11.9. The van der Waals surface area contributed by atoms with Crippen LogP contribution in [0.15, 0.2) is 6.07 Å². The molecule has 0 aliphatic carbocycles. The van der Waals surface area contributed by atoms with E-state index in [0.717, 1.165) is 12.8 Å². The van der Waals surface area contributed by atoms with E-state index in [1.165, 1.54) is 0 Å². The number of carbonyl (C=O) groups excluding carboxylic acids is 1. The van der Waals surface area contributed by atoms with Gasteiger partial charge in [0, 0.05) is 13.6 Å². The number of hydrogen-bond donors (Lipinski definition) is 1. The molecule has 3 nitrogen and oxygen atoms in total. The van der Waals surface area contributed by atoms with Crippen LogP contribution in [0.1, 0.15) is 37.2 Å². The van der Waals surface area contributed by atoms with Gasteiger partial charge in [-0.25, -0.2) is 0 Å². The summed E-state index contributed by atoms with van der Waals surface area (Å²) in [5.74, 6) is 0.387. The fourth-order valence-electron chi connectivity index (χ4n) is 1.67. The first-order valence-corrected chi connectivity index (χ1v) is 6.55. The Hall–Kier alpha value is -0.670. The lowest BCUT2D eigenvalue weighted by Crippen LogP contribution is -2.30. The Morgan fingerprint density at radius 3 is 2.41 bits per heavy atom. The van der Waals surface area contributed by atoms with Crippen LogP contribution in [0.4, 0.5) is 0 Å². The summed E-state index contributed by atoms with van der Waals surface area (Å²) < 4.78 is 1.59. The quantitative estimate of drug-likeness (QED) is 0.878. The Morgan fingerprint density at radius 2 is 2.00 bits per heavy atom. The number of aromatic nitrogens is 1. The van der Waals surface area contributed by atoms with Gasteiger partial charge in [-0.2, -0.15) is 0 Å². The van der Waals surface area contributed by atoms with Gasteiger partial charge in [-0.3, -0.25) is 4.79 Å². The number of carbonyl (C=O) groups is 1. The Labute approximate surface area is 112 Å². The summed E-state index contributed by atoms with van der Waals surface area (Å²) >= 11 is 11.8. The molecule has 0 fully saturated rings. The van der Waals surface area contributed by atoms with E-state index in [2.05, 4.69) is 19.2 Å². The lowest BCUT2D eigenvalue weighted by molar-refractivity contribution is 0.0938. The summed E-state index contributed by atoms with van der Waals surface area (Å²) in [5.41, 5.74) is 0.492. The molecule has 17 heavy (non-hydrogen) atoms. The zero-order chi connectivity index (χ0) is 13.0. The molecule has 0 aliphatic rings. The topological polar surface area (TPSA) is 34.0 Å². The molecule has 0 radical (unpaired) electrons. The van der Waals surface area contributed by atoms with E-state index >= 15 is 0 Å². The molecular formula is C12H18Cl2N2O. The summed E-state index contributed by atoms with van der Waals surface area (Å²) in [6.45, 7) is 4.93. The van der Waals surface area contributed by atoms with E-state index in [0.29, 0.717) is 28.3 Å². The van der Waals surface area contributed by atoms with Crippen LogP contribution >= 0.6 is 23.2 Å². The standard InChI is InChI=1S/C12H18Cl2N2O/c1-4-8(5-2)7-15-12(17)10-6-9(13)11(14)16(10)3/h6,8H,4-5,7H2,1-3H3,(H,15,17). The maximum Gasteiger partial charge on any atom is 0.267 e. The van der Waals surface area contributed by atoms with Gasteiger partial charge in [0.2, 0.25) is 0 Å². The normalized spacial score (nSPS) is 10.9. The molecule has 1 N–H and O–H groups in total. The molecule has 0 aliphatic heterocycles. The van der Waals surface area contributed by atoms with Gasteiger partial charge in [0.05, 0.1) is 5.02 Å². The highest BCUT2D eigenvalue weighted by molar-refractivity contribution is 6.41. The monoisotopic (exact) mass is 276 g/mol. The van der Waals surface area contributed by atoms with Gasteiger partial charge in [0.15, 0.2) is 0 Å². The predicted molar refractivity (Wildman–Crippen MR) is 71.8 cm³/mol. The van der Waals surface area contributed by atoms with E-state index in [9.17, 15) is 4.79 Å². The van der Waals surface area contributed by atoms with Gasteiger partial charge in [-0.1, -0.05) is 49.9 Å². The van der Waals surface area contributed by atoms with Crippen LogP contribution in [0.25, 0.3) is 0 Å². The largest absolute Gasteiger partial charge is 0.350 e. The number of nitrogens with zero attached hydrogens (tertiary/aromatic N) is 1. The average Bonchev–Trinajstić information content (AvgIpc) is 2.58. The predicted octanol–water partition coefficient (Wildman–Crippen LogP) is 3.50. The molecule has 0 spiro atoms. The molecule has 0 atom stereocenters. The van der Waals surface area contributed by atoms with E-state index < -0.39 is 0 Å². The van der Waals surface area contributed by atoms with E-state index in [4.69, 9.17) is 23.2 Å². The summed E-state index contributed by atoms with van der Waals surface area (Å²) in [6.07, 6.45) is 2.12. The molecule has 5 heteroatoms. The van der Waals surface area contributed by atoms with Crippen molar-refractivity contribution in [2.45, 2.75) is 26.7 Å². The summed E-state index contributed by atoms with van der Waals surface area (Å²) in [6, 6.07) is 1.59. The number of nitrogens with one attached hydrogen (secondary N) is 1. The Balaban J connectivity index is 2.67. The molecule has 1 amide bonds. The third-order valence-electron chi connectivity index (χ3n) is 3.05. The van der Waals surface area contributed by atoms with Crippen LogP contribution in [0, 0.1) is 5.92 Å². The van der Waals surface area contributed by atoms with Gasteiger partial charge in [0.1, 0.15) is 10.8 Å². The first-order valence-electron chi connectivity index (χ1n) is 5.80. The number of halogens is 2. The SMILES string of the molecule is CCC(CC)CNC(=O)c1cc(Cl)c(Cl)n1C. The minimum absolute atomic E-state index is 0.131. The maximum atomic E-state index is 11.9. The van der Waals surface area contributed by atoms with Crippen LogP contribution in [-0.2, 0) is 7.05 Å². The first-order chi connectivity index (χ1) is 8.01. The Kier molecular flexibility index (Phi) is 5.34. The number of amides is 1. The van der Waals surface area contributed by atoms with Crippen molar-refractivity contribution in [2.24, 2.45) is 13.0 Å². The fraction of sp³-hybridized carbons (Fsp3) is 0.583. The highest BCUT2D eigenvalue weighted by atomic mass is 35.5. The number of rotatable bonds is 5. The fourth-order valence-corrected chi connectivity index (χ4v) is 2.04. The molecule has 0 aromatic carbocycles. The third kappa shape index (κ3) is 3.39. The van der Waals surface area contributed by atoms with Crippen LogP contribution in [0.2, 0.25) is 10.2 Å². The van der Waals surface area contributed by atoms with Gasteiger partial charge in [-0.15, -0.1) is 0 Å². The van der Waals surface area contributed by atoms with Crippen molar-refractivity contribution in [3.8, 4) is 0 Å². The molecule has 0 saturated heterocycles. The van der Waals surface area contributed by atoms with Crippen molar-refractivity contribution in [1.29, 1.82) is 0 Å². The van der Waals surface area contributed by atoms with Crippen molar-refractivity contribution in [1.82, 2.24) is 9.88 Å². The van der Waals surface area contributed by atoms with Crippen LogP contribution in [0.3, 0.4) is 0 Å². The molecule has 1 rings (SSSR count). The molecule has 0 bridgehead atoms. The smallest absolute Gasteiger partial charge is 0.267 e. The molecule has 96 valence electrons. The van der Waals surface area contributed by atoms with Crippen LogP contribution < -0.4 is 5.32 Å². The van der Waals surface area contributed by atoms with Gasteiger partial charge < -0.3 is 9.88 Å². The van der Waals surface area contributed by atoms with Gasteiger partial charge in [-0.05, 0) is 12.0 Å². The summed E-state index contributed by atoms with van der Waals surface area (Å²) in [7, 11) is 1.72. The van der Waals surface area contributed by atoms with Gasteiger partial charge >= 0.3 is 0 Å². The molecule has 0 saturated carbocycles. The van der Waals surface area contributed by atoms with Crippen LogP contribution in [0.5, 0.6) is 0 Å². The second-order valence-electron chi connectivity index (χ2n) is 4.12. The van der Waals surface area contributed by atoms with Gasteiger partial charge in [0.25, 0.3) is 5.91 Å². The van der Waals surface area contributed by atoms with Crippen molar-refractivity contribution < 1.29 is 4.79 Å². The zero-order valence-corrected chi connectivity index (χ0v) is 11.9. The summed E-state index contributed by atoms with van der Waals surface area (Å²) in [5, 5.41) is 3.70. The minimum atomic E-state index is -0.131. The molecule has 0 unspecified atom stereocenters. The lowest BCUT2D eigenvalue weighted by atomic mass is 10.0. The Bertz CT molecular complexity index is 397.